The minimum atomic E-state index is -0.394. The Labute approximate surface area is 233 Å². The van der Waals surface area contributed by atoms with Crippen molar-refractivity contribution in [2.75, 3.05) is 38.0 Å². The van der Waals surface area contributed by atoms with Crippen LogP contribution in [0.15, 0.2) is 91.0 Å². The van der Waals surface area contributed by atoms with E-state index < -0.39 is 11.9 Å². The van der Waals surface area contributed by atoms with E-state index in [2.05, 4.69) is 0 Å². The van der Waals surface area contributed by atoms with Gasteiger partial charge in [-0.2, -0.15) is 0 Å². The van der Waals surface area contributed by atoms with Crippen LogP contribution in [0.2, 0.25) is 0 Å². The number of fused-ring (bicyclic) bond motifs is 2. The summed E-state index contributed by atoms with van der Waals surface area (Å²) >= 11 is 0. The van der Waals surface area contributed by atoms with Gasteiger partial charge in [0.15, 0.2) is 0 Å². The molecule has 0 aliphatic carbocycles. The number of pyridine rings is 1. The predicted octanol–water partition coefficient (Wildman–Crippen LogP) is 6.23. The van der Waals surface area contributed by atoms with Crippen molar-refractivity contribution in [1.29, 1.82) is 0 Å². The Morgan fingerprint density at radius 3 is 1.38 bits per heavy atom. The summed E-state index contributed by atoms with van der Waals surface area (Å²) in [5, 5.41) is 1.87. The maximum absolute atomic E-state index is 12.7. The number of aromatic nitrogens is 1. The van der Waals surface area contributed by atoms with Gasteiger partial charge in [0.05, 0.1) is 22.2 Å². The van der Waals surface area contributed by atoms with E-state index in [1.165, 1.54) is 0 Å². The molecular formula is C33H31N3O4. The Morgan fingerprint density at radius 2 is 1.00 bits per heavy atom. The molecule has 0 N–H and O–H groups in total. The number of nitrogens with zero attached hydrogens (tertiary/aromatic N) is 3. The van der Waals surface area contributed by atoms with Crippen LogP contribution in [-0.4, -0.2) is 45.1 Å². The summed E-state index contributed by atoms with van der Waals surface area (Å²) in [6.45, 7) is 0.175. The van der Waals surface area contributed by atoms with Crippen LogP contribution in [0, 0.1) is 0 Å². The zero-order valence-electron chi connectivity index (χ0n) is 23.0. The van der Waals surface area contributed by atoms with Crippen LogP contribution in [0.5, 0.6) is 0 Å². The highest BCUT2D eigenvalue weighted by molar-refractivity contribution is 5.96. The molecule has 0 fully saturated rings. The lowest BCUT2D eigenvalue weighted by Gasteiger charge is -2.13. The van der Waals surface area contributed by atoms with Crippen LogP contribution in [0.1, 0.15) is 31.8 Å². The van der Waals surface area contributed by atoms with Crippen LogP contribution >= 0.6 is 0 Å². The van der Waals surface area contributed by atoms with Gasteiger partial charge in [0.2, 0.25) is 0 Å². The lowest BCUT2D eigenvalue weighted by atomic mass is 10.0. The van der Waals surface area contributed by atoms with Crippen molar-refractivity contribution in [3.63, 3.8) is 0 Å². The highest BCUT2D eigenvalue weighted by atomic mass is 16.5. The van der Waals surface area contributed by atoms with E-state index in [4.69, 9.17) is 14.5 Å². The standard InChI is InChI=1S/C33H31N3O4/c1-35(2)28-15-11-22(12-16-28)32(37)39-20-26-9-5-7-24-19-25-8-6-10-27(31(25)34-30(24)26)21-40-33(38)23-13-17-29(18-14-23)36(3)4/h5-19H,20-21H2,1-4H3. The third-order valence-corrected chi connectivity index (χ3v) is 6.79. The summed E-state index contributed by atoms with van der Waals surface area (Å²) in [5.74, 6) is -0.788. The fourth-order valence-electron chi connectivity index (χ4n) is 4.48. The molecule has 1 heterocycles. The second kappa shape index (κ2) is 11.5. The summed E-state index contributed by atoms with van der Waals surface area (Å²) in [6, 6.07) is 28.3. The minimum Gasteiger partial charge on any atom is -0.457 e. The number of hydrogen-bond donors (Lipinski definition) is 0. The van der Waals surface area contributed by atoms with Crippen molar-refractivity contribution in [2.45, 2.75) is 13.2 Å². The van der Waals surface area contributed by atoms with Gasteiger partial charge < -0.3 is 19.3 Å². The van der Waals surface area contributed by atoms with E-state index in [0.29, 0.717) is 11.1 Å². The van der Waals surface area contributed by atoms with Gasteiger partial charge in [-0.1, -0.05) is 36.4 Å². The molecule has 0 radical (unpaired) electrons. The Bertz CT molecular complexity index is 1550. The lowest BCUT2D eigenvalue weighted by molar-refractivity contribution is 0.0466. The van der Waals surface area contributed by atoms with Gasteiger partial charge in [-0.25, -0.2) is 14.6 Å². The van der Waals surface area contributed by atoms with E-state index >= 15 is 0 Å². The average molecular weight is 534 g/mol. The van der Waals surface area contributed by atoms with Crippen molar-refractivity contribution in [3.8, 4) is 0 Å². The number of hydrogen-bond acceptors (Lipinski definition) is 7. The molecule has 5 aromatic rings. The van der Waals surface area contributed by atoms with E-state index in [-0.39, 0.29) is 13.2 Å². The predicted molar refractivity (Wildman–Crippen MR) is 159 cm³/mol. The molecule has 1 aromatic heterocycles. The molecule has 0 aliphatic rings. The van der Waals surface area contributed by atoms with E-state index in [1.807, 2.05) is 105 Å². The SMILES string of the molecule is CN(C)c1ccc(C(=O)OCc2cccc3cc4cccc(COC(=O)c5ccc(N(C)C)cc5)c4nc23)cc1. The summed E-state index contributed by atoms with van der Waals surface area (Å²) < 4.78 is 11.3. The quantitative estimate of drug-likeness (QED) is 0.173. The molecule has 0 bridgehead atoms. The van der Waals surface area contributed by atoms with Gasteiger partial charge >= 0.3 is 11.9 Å². The number of carbonyl (C=O) groups excluding carboxylic acids is 2. The molecule has 0 saturated heterocycles. The monoisotopic (exact) mass is 533 g/mol. The van der Waals surface area contributed by atoms with Gasteiger partial charge in [-0.15, -0.1) is 0 Å². The molecule has 202 valence electrons. The van der Waals surface area contributed by atoms with Crippen molar-refractivity contribution in [3.05, 3.63) is 113 Å². The van der Waals surface area contributed by atoms with Gasteiger partial charge in [0, 0.05) is 61.5 Å². The van der Waals surface area contributed by atoms with Crippen LogP contribution in [0.25, 0.3) is 21.8 Å². The van der Waals surface area contributed by atoms with Gasteiger partial charge in [0.25, 0.3) is 0 Å². The Morgan fingerprint density at radius 1 is 0.600 bits per heavy atom. The first-order valence-electron chi connectivity index (χ1n) is 13.0. The smallest absolute Gasteiger partial charge is 0.338 e. The minimum absolute atomic E-state index is 0.0875. The number of carbonyl (C=O) groups is 2. The average Bonchev–Trinajstić information content (AvgIpc) is 2.97. The first-order valence-corrected chi connectivity index (χ1v) is 13.0. The summed E-state index contributed by atoms with van der Waals surface area (Å²) in [4.78, 5) is 34.3. The third-order valence-electron chi connectivity index (χ3n) is 6.79. The highest BCUT2D eigenvalue weighted by Crippen LogP contribution is 2.26. The topological polar surface area (TPSA) is 72.0 Å². The van der Waals surface area contributed by atoms with E-state index in [0.717, 1.165) is 44.3 Å². The van der Waals surface area contributed by atoms with Crippen LogP contribution in [0.3, 0.4) is 0 Å². The number of esters is 2. The number of para-hydroxylation sites is 2. The zero-order chi connectivity index (χ0) is 28.2. The second-order valence-electron chi connectivity index (χ2n) is 10.0. The summed E-state index contributed by atoms with van der Waals surface area (Å²) in [7, 11) is 7.79. The van der Waals surface area contributed by atoms with Gasteiger partial charge in [0.1, 0.15) is 13.2 Å². The van der Waals surface area contributed by atoms with Crippen molar-refractivity contribution in [2.24, 2.45) is 0 Å². The van der Waals surface area contributed by atoms with Crippen LogP contribution in [0.4, 0.5) is 11.4 Å². The molecular weight excluding hydrogens is 502 g/mol. The first kappa shape index (κ1) is 26.7. The largest absolute Gasteiger partial charge is 0.457 e. The molecule has 7 heteroatoms. The van der Waals surface area contributed by atoms with Crippen molar-refractivity contribution >= 4 is 45.1 Å². The number of anilines is 2. The van der Waals surface area contributed by atoms with Gasteiger partial charge in [-0.05, 0) is 54.6 Å². The maximum Gasteiger partial charge on any atom is 0.338 e. The molecule has 0 spiro atoms. The highest BCUT2D eigenvalue weighted by Gasteiger charge is 2.14. The molecule has 0 saturated carbocycles. The number of ether oxygens (including phenoxy) is 2. The molecule has 40 heavy (non-hydrogen) atoms. The third kappa shape index (κ3) is 5.73. The normalized spacial score (nSPS) is 10.9. The molecule has 0 aliphatic heterocycles. The molecule has 0 unspecified atom stereocenters. The second-order valence-corrected chi connectivity index (χ2v) is 10.0. The van der Waals surface area contributed by atoms with Crippen molar-refractivity contribution < 1.29 is 19.1 Å². The summed E-state index contributed by atoms with van der Waals surface area (Å²) in [6.07, 6.45) is 0. The van der Waals surface area contributed by atoms with Crippen molar-refractivity contribution in [1.82, 2.24) is 4.98 Å². The maximum atomic E-state index is 12.7. The fourth-order valence-corrected chi connectivity index (χ4v) is 4.48. The summed E-state index contributed by atoms with van der Waals surface area (Å²) in [5.41, 5.74) is 6.06. The Balaban J connectivity index is 1.35. The first-order chi connectivity index (χ1) is 19.3. The van der Waals surface area contributed by atoms with E-state index in [9.17, 15) is 9.59 Å². The number of rotatable bonds is 8. The zero-order valence-corrected chi connectivity index (χ0v) is 23.0. The molecule has 4 aromatic carbocycles. The molecule has 7 nitrogen and oxygen atoms in total. The molecule has 0 amide bonds. The molecule has 0 atom stereocenters. The van der Waals surface area contributed by atoms with Gasteiger partial charge in [-0.3, -0.25) is 0 Å². The molecule has 5 rings (SSSR count). The lowest BCUT2D eigenvalue weighted by Crippen LogP contribution is -2.10. The Hall–Kier alpha value is -4.91. The van der Waals surface area contributed by atoms with Crippen LogP contribution < -0.4 is 9.80 Å². The number of benzene rings is 4. The van der Waals surface area contributed by atoms with E-state index in [1.54, 1.807) is 24.3 Å². The Kier molecular flexibility index (Phi) is 7.64. The van der Waals surface area contributed by atoms with Crippen LogP contribution in [-0.2, 0) is 22.7 Å². The fraction of sp³-hybridized carbons (Fsp3) is 0.182.